The predicted octanol–water partition coefficient (Wildman–Crippen LogP) is 1.33. The van der Waals surface area contributed by atoms with Crippen molar-refractivity contribution >= 4 is 15.7 Å². The quantitative estimate of drug-likeness (QED) is 0.912. The molecule has 1 atom stereocenters. The summed E-state index contributed by atoms with van der Waals surface area (Å²) in [6.07, 6.45) is 2.09. The highest BCUT2D eigenvalue weighted by atomic mass is 32.2. The second-order valence-electron chi connectivity index (χ2n) is 6.89. The zero-order valence-corrected chi connectivity index (χ0v) is 13.8. The number of amides is 1. The number of hydrogen-bond donors (Lipinski definition) is 1. The lowest BCUT2D eigenvalue weighted by Crippen LogP contribution is -2.32. The molecule has 0 aromatic carbocycles. The van der Waals surface area contributed by atoms with Gasteiger partial charge < -0.3 is 5.32 Å². The Kier molecular flexibility index (Phi) is 4.15. The van der Waals surface area contributed by atoms with Crippen LogP contribution in [0.2, 0.25) is 0 Å². The Balaban J connectivity index is 2.12. The highest BCUT2D eigenvalue weighted by molar-refractivity contribution is 7.91. The normalized spacial score (nSPS) is 21.4. The largest absolute Gasteiger partial charge is 0.351 e. The van der Waals surface area contributed by atoms with E-state index in [4.69, 9.17) is 0 Å². The number of nitrogens with zero attached hydrogens (tertiary/aromatic N) is 2. The summed E-state index contributed by atoms with van der Waals surface area (Å²) >= 11 is 0. The maximum atomic E-state index is 12.2. The van der Waals surface area contributed by atoms with Gasteiger partial charge in [0, 0.05) is 12.2 Å². The highest BCUT2D eigenvalue weighted by Crippen LogP contribution is 2.25. The number of rotatable bonds is 3. The van der Waals surface area contributed by atoms with Crippen LogP contribution in [-0.4, -0.2) is 42.2 Å². The summed E-state index contributed by atoms with van der Waals surface area (Å²) in [5.74, 6) is 0.149. The summed E-state index contributed by atoms with van der Waals surface area (Å²) in [6.45, 7) is 8.53. The van der Waals surface area contributed by atoms with Crippen molar-refractivity contribution in [2.24, 2.45) is 5.41 Å². The van der Waals surface area contributed by atoms with Gasteiger partial charge in [0.25, 0.3) is 5.91 Å². The van der Waals surface area contributed by atoms with Crippen molar-refractivity contribution in [3.05, 3.63) is 17.5 Å². The molecule has 0 aliphatic carbocycles. The van der Waals surface area contributed by atoms with Crippen molar-refractivity contribution in [2.45, 2.75) is 40.2 Å². The van der Waals surface area contributed by atoms with Crippen molar-refractivity contribution in [1.29, 1.82) is 0 Å². The molecule has 1 aliphatic heterocycles. The van der Waals surface area contributed by atoms with E-state index < -0.39 is 9.84 Å². The third-order valence-electron chi connectivity index (χ3n) is 3.62. The average molecular weight is 313 g/mol. The average Bonchev–Trinajstić information content (AvgIpc) is 2.88. The third-order valence-corrected chi connectivity index (χ3v) is 5.37. The van der Waals surface area contributed by atoms with Gasteiger partial charge in [0.05, 0.1) is 29.3 Å². The molecule has 0 unspecified atom stereocenters. The van der Waals surface area contributed by atoms with Gasteiger partial charge in [-0.15, -0.1) is 0 Å². The highest BCUT2D eigenvalue weighted by Gasteiger charge is 2.31. The van der Waals surface area contributed by atoms with Gasteiger partial charge in [0.2, 0.25) is 0 Å². The van der Waals surface area contributed by atoms with Crippen LogP contribution in [0, 0.1) is 12.3 Å². The number of carbonyl (C=O) groups is 1. The lowest BCUT2D eigenvalue weighted by molar-refractivity contribution is 0.0938. The predicted molar refractivity (Wildman–Crippen MR) is 81.1 cm³/mol. The summed E-state index contributed by atoms with van der Waals surface area (Å²) in [4.78, 5) is 12.2. The van der Waals surface area contributed by atoms with Gasteiger partial charge in [-0.25, -0.2) is 8.42 Å². The standard InChI is InChI=1S/C14H23N3O3S/c1-10-12(13(18)15-9-14(2,3)4)7-16-17(10)11-5-6-21(19,20)8-11/h7,11H,5-6,8-9H2,1-4H3,(H,15,18)/t11-/m1/s1. The maximum absolute atomic E-state index is 12.2. The Labute approximate surface area is 125 Å². The van der Waals surface area contributed by atoms with E-state index in [2.05, 4.69) is 10.4 Å². The van der Waals surface area contributed by atoms with Gasteiger partial charge in [-0.1, -0.05) is 20.8 Å². The van der Waals surface area contributed by atoms with Gasteiger partial charge in [-0.2, -0.15) is 5.10 Å². The van der Waals surface area contributed by atoms with Crippen molar-refractivity contribution in [1.82, 2.24) is 15.1 Å². The molecular weight excluding hydrogens is 290 g/mol. The first-order valence-corrected chi connectivity index (χ1v) is 8.94. The smallest absolute Gasteiger partial charge is 0.254 e. The van der Waals surface area contributed by atoms with Crippen molar-refractivity contribution in [3.63, 3.8) is 0 Å². The maximum Gasteiger partial charge on any atom is 0.254 e. The van der Waals surface area contributed by atoms with Crippen LogP contribution in [0.3, 0.4) is 0 Å². The van der Waals surface area contributed by atoms with Crippen LogP contribution in [0.4, 0.5) is 0 Å². The molecule has 1 aromatic heterocycles. The molecule has 1 N–H and O–H groups in total. The summed E-state index contributed by atoms with van der Waals surface area (Å²) in [5.41, 5.74) is 1.26. The van der Waals surface area contributed by atoms with Crippen LogP contribution in [0.5, 0.6) is 0 Å². The minimum absolute atomic E-state index is 0.0130. The molecule has 1 fully saturated rings. The molecule has 2 rings (SSSR count). The molecule has 6 nitrogen and oxygen atoms in total. The molecule has 21 heavy (non-hydrogen) atoms. The summed E-state index contributed by atoms with van der Waals surface area (Å²) in [5, 5.41) is 7.11. The molecule has 7 heteroatoms. The Morgan fingerprint density at radius 2 is 2.14 bits per heavy atom. The molecule has 0 spiro atoms. The van der Waals surface area contributed by atoms with Gasteiger partial charge in [0.1, 0.15) is 0 Å². The monoisotopic (exact) mass is 313 g/mol. The first kappa shape index (κ1) is 16.0. The topological polar surface area (TPSA) is 81.1 Å². The molecule has 118 valence electrons. The van der Waals surface area contributed by atoms with Gasteiger partial charge >= 0.3 is 0 Å². The molecule has 1 amide bonds. The molecule has 0 radical (unpaired) electrons. The van der Waals surface area contributed by atoms with E-state index in [1.165, 1.54) is 6.20 Å². The summed E-state index contributed by atoms with van der Waals surface area (Å²) in [7, 11) is -2.96. The Bertz CT molecular complexity index is 641. The molecule has 0 bridgehead atoms. The molecule has 2 heterocycles. The zero-order chi connectivity index (χ0) is 15.8. The van der Waals surface area contributed by atoms with Crippen LogP contribution in [-0.2, 0) is 9.84 Å². The fourth-order valence-corrected chi connectivity index (χ4v) is 4.12. The molecule has 1 aliphatic rings. The van der Waals surface area contributed by atoms with Crippen LogP contribution < -0.4 is 5.32 Å². The SMILES string of the molecule is Cc1c(C(=O)NCC(C)(C)C)cnn1[C@@H]1CCS(=O)(=O)C1. The Morgan fingerprint density at radius 1 is 1.48 bits per heavy atom. The van der Waals surface area contributed by atoms with E-state index in [9.17, 15) is 13.2 Å². The van der Waals surface area contributed by atoms with E-state index >= 15 is 0 Å². The van der Waals surface area contributed by atoms with E-state index in [-0.39, 0.29) is 28.9 Å². The molecule has 1 aromatic rings. The van der Waals surface area contributed by atoms with Gasteiger partial charge in [-0.3, -0.25) is 9.48 Å². The van der Waals surface area contributed by atoms with E-state index in [0.717, 1.165) is 5.69 Å². The van der Waals surface area contributed by atoms with Crippen molar-refractivity contribution in [2.75, 3.05) is 18.1 Å². The Morgan fingerprint density at radius 3 is 2.67 bits per heavy atom. The van der Waals surface area contributed by atoms with E-state index in [1.807, 2.05) is 27.7 Å². The molecule has 1 saturated heterocycles. The zero-order valence-electron chi connectivity index (χ0n) is 13.0. The van der Waals surface area contributed by atoms with E-state index in [1.54, 1.807) is 4.68 Å². The molecule has 0 saturated carbocycles. The second kappa shape index (κ2) is 5.44. The number of hydrogen-bond acceptors (Lipinski definition) is 4. The fourth-order valence-electron chi connectivity index (χ4n) is 2.42. The third kappa shape index (κ3) is 3.84. The number of carbonyl (C=O) groups excluding carboxylic acids is 1. The lowest BCUT2D eigenvalue weighted by atomic mass is 9.97. The fraction of sp³-hybridized carbons (Fsp3) is 0.714. The molecular formula is C14H23N3O3S. The first-order chi connectivity index (χ1) is 9.59. The number of nitrogens with one attached hydrogen (secondary N) is 1. The van der Waals surface area contributed by atoms with Crippen LogP contribution >= 0.6 is 0 Å². The van der Waals surface area contributed by atoms with Crippen molar-refractivity contribution in [3.8, 4) is 0 Å². The van der Waals surface area contributed by atoms with Crippen LogP contribution in [0.15, 0.2) is 6.20 Å². The summed E-state index contributed by atoms with van der Waals surface area (Å²) in [6, 6.07) is -0.154. The van der Waals surface area contributed by atoms with Crippen LogP contribution in [0.25, 0.3) is 0 Å². The first-order valence-electron chi connectivity index (χ1n) is 7.12. The number of sulfone groups is 1. The van der Waals surface area contributed by atoms with Crippen LogP contribution in [0.1, 0.15) is 49.3 Å². The summed E-state index contributed by atoms with van der Waals surface area (Å²) < 4.78 is 24.8. The minimum Gasteiger partial charge on any atom is -0.351 e. The van der Waals surface area contributed by atoms with Gasteiger partial charge in [-0.05, 0) is 18.8 Å². The number of aromatic nitrogens is 2. The Hall–Kier alpha value is -1.37. The van der Waals surface area contributed by atoms with Crippen molar-refractivity contribution < 1.29 is 13.2 Å². The van der Waals surface area contributed by atoms with E-state index in [0.29, 0.717) is 18.5 Å². The lowest BCUT2D eigenvalue weighted by Gasteiger charge is -2.18. The minimum atomic E-state index is -2.96. The second-order valence-corrected chi connectivity index (χ2v) is 9.12. The van der Waals surface area contributed by atoms with Gasteiger partial charge in [0.15, 0.2) is 9.84 Å².